The van der Waals surface area contributed by atoms with Crippen molar-refractivity contribution in [3.05, 3.63) is 18.2 Å². The minimum absolute atomic E-state index is 0.607. The van der Waals surface area contributed by atoms with E-state index in [-0.39, 0.29) is 0 Å². The normalized spacial score (nSPS) is 21.0. The molecule has 0 spiro atoms. The van der Waals surface area contributed by atoms with Crippen molar-refractivity contribution >= 4 is 0 Å². The van der Waals surface area contributed by atoms with E-state index in [4.69, 9.17) is 4.74 Å². The second-order valence-corrected chi connectivity index (χ2v) is 3.94. The Kier molecular flexibility index (Phi) is 2.56. The summed E-state index contributed by atoms with van der Waals surface area (Å²) in [5, 5.41) is 10.2. The highest BCUT2D eigenvalue weighted by atomic mass is 16.5. The van der Waals surface area contributed by atoms with Crippen LogP contribution in [0.1, 0.15) is 18.7 Å². The molecule has 0 unspecified atom stereocenters. The third-order valence-corrected chi connectivity index (χ3v) is 2.81. The summed E-state index contributed by atoms with van der Waals surface area (Å²) in [4.78, 5) is 4.13. The molecule has 0 aromatic carbocycles. The van der Waals surface area contributed by atoms with E-state index in [0.29, 0.717) is 32.6 Å². The maximum Gasteiger partial charge on any atom is 0.105 e. The first kappa shape index (κ1) is 9.68. The number of rotatable bonds is 2. The molecule has 0 radical (unpaired) electrons. The summed E-state index contributed by atoms with van der Waals surface area (Å²) in [6, 6.07) is 0. The number of aromatic nitrogens is 2. The summed E-state index contributed by atoms with van der Waals surface area (Å²) < 4.78 is 7.22. The smallest absolute Gasteiger partial charge is 0.105 e. The Labute approximate surface area is 83.5 Å². The van der Waals surface area contributed by atoms with Gasteiger partial charge in [-0.25, -0.2) is 4.98 Å². The van der Waals surface area contributed by atoms with Crippen molar-refractivity contribution in [2.45, 2.75) is 31.9 Å². The number of hydrogen-bond acceptors (Lipinski definition) is 3. The third kappa shape index (κ3) is 1.96. The molecule has 4 nitrogen and oxygen atoms in total. The fraction of sp³-hybridized carbons (Fsp3) is 0.700. The molecule has 1 aromatic rings. The molecule has 0 bridgehead atoms. The summed E-state index contributed by atoms with van der Waals surface area (Å²) in [5.74, 6) is 0.949. The van der Waals surface area contributed by atoms with Gasteiger partial charge in [0.1, 0.15) is 5.82 Å². The molecule has 2 rings (SSSR count). The summed E-state index contributed by atoms with van der Waals surface area (Å²) in [6.07, 6.45) is 5.09. The van der Waals surface area contributed by atoms with Gasteiger partial charge < -0.3 is 14.4 Å². The highest BCUT2D eigenvalue weighted by Crippen LogP contribution is 2.22. The molecule has 1 aliphatic heterocycles. The molecule has 1 aromatic heterocycles. The largest absolute Gasteiger partial charge is 0.388 e. The van der Waals surface area contributed by atoms with E-state index in [1.807, 2.05) is 17.7 Å². The van der Waals surface area contributed by atoms with E-state index in [0.717, 1.165) is 5.82 Å². The van der Waals surface area contributed by atoms with Gasteiger partial charge in [0.05, 0.1) is 12.1 Å². The molecule has 1 fully saturated rings. The topological polar surface area (TPSA) is 47.3 Å². The quantitative estimate of drug-likeness (QED) is 0.758. The number of nitrogens with zero attached hydrogens (tertiary/aromatic N) is 2. The van der Waals surface area contributed by atoms with Gasteiger partial charge in [-0.3, -0.25) is 0 Å². The van der Waals surface area contributed by atoms with Crippen LogP contribution in [0, 0.1) is 6.92 Å². The number of hydrogen-bond donors (Lipinski definition) is 1. The SMILES string of the molecule is Cc1nccn1CC1(O)CCOCC1. The lowest BCUT2D eigenvalue weighted by molar-refractivity contribution is -0.0730. The molecular formula is C10H16N2O2. The van der Waals surface area contributed by atoms with Gasteiger partial charge in [-0.2, -0.15) is 0 Å². The van der Waals surface area contributed by atoms with Gasteiger partial charge in [0.2, 0.25) is 0 Å². The molecular weight excluding hydrogens is 180 g/mol. The van der Waals surface area contributed by atoms with E-state index >= 15 is 0 Å². The third-order valence-electron chi connectivity index (χ3n) is 2.81. The Morgan fingerprint density at radius 1 is 1.57 bits per heavy atom. The van der Waals surface area contributed by atoms with E-state index < -0.39 is 5.60 Å². The lowest BCUT2D eigenvalue weighted by Crippen LogP contribution is -2.40. The molecule has 0 amide bonds. The molecule has 1 N–H and O–H groups in total. The van der Waals surface area contributed by atoms with Crippen molar-refractivity contribution in [1.82, 2.24) is 9.55 Å². The Balaban J connectivity index is 2.05. The van der Waals surface area contributed by atoms with Crippen molar-refractivity contribution in [3.8, 4) is 0 Å². The molecule has 2 heterocycles. The van der Waals surface area contributed by atoms with Crippen LogP contribution in [0.4, 0.5) is 0 Å². The predicted octanol–water partition coefficient (Wildman–Crippen LogP) is 0.733. The van der Waals surface area contributed by atoms with E-state index in [9.17, 15) is 5.11 Å². The van der Waals surface area contributed by atoms with Crippen LogP contribution >= 0.6 is 0 Å². The van der Waals surface area contributed by atoms with Gasteiger partial charge in [0.15, 0.2) is 0 Å². The summed E-state index contributed by atoms with van der Waals surface area (Å²) >= 11 is 0. The molecule has 0 saturated carbocycles. The summed E-state index contributed by atoms with van der Waals surface area (Å²) in [5.41, 5.74) is -0.607. The van der Waals surface area contributed by atoms with Crippen molar-refractivity contribution < 1.29 is 9.84 Å². The van der Waals surface area contributed by atoms with Crippen LogP contribution in [0.5, 0.6) is 0 Å². The van der Waals surface area contributed by atoms with Crippen LogP contribution < -0.4 is 0 Å². The first-order valence-electron chi connectivity index (χ1n) is 4.97. The van der Waals surface area contributed by atoms with Gasteiger partial charge >= 0.3 is 0 Å². The van der Waals surface area contributed by atoms with Gasteiger partial charge in [-0.05, 0) is 6.92 Å². The zero-order valence-corrected chi connectivity index (χ0v) is 8.44. The number of aliphatic hydroxyl groups is 1. The maximum atomic E-state index is 10.2. The molecule has 1 saturated heterocycles. The molecule has 1 aliphatic rings. The average molecular weight is 196 g/mol. The Morgan fingerprint density at radius 3 is 2.86 bits per heavy atom. The van der Waals surface area contributed by atoms with E-state index in [1.165, 1.54) is 0 Å². The number of ether oxygens (including phenoxy) is 1. The zero-order valence-electron chi connectivity index (χ0n) is 8.44. The van der Waals surface area contributed by atoms with E-state index in [2.05, 4.69) is 4.98 Å². The predicted molar refractivity (Wildman–Crippen MR) is 52.0 cm³/mol. The van der Waals surface area contributed by atoms with Crippen molar-refractivity contribution in [1.29, 1.82) is 0 Å². The average Bonchev–Trinajstić information content (AvgIpc) is 2.52. The van der Waals surface area contributed by atoms with Gasteiger partial charge in [-0.1, -0.05) is 0 Å². The van der Waals surface area contributed by atoms with Gasteiger partial charge in [0, 0.05) is 38.4 Å². The lowest BCUT2D eigenvalue weighted by Gasteiger charge is -2.32. The highest BCUT2D eigenvalue weighted by molar-refractivity contribution is 4.92. The maximum absolute atomic E-state index is 10.2. The second-order valence-electron chi connectivity index (χ2n) is 3.94. The van der Waals surface area contributed by atoms with Crippen LogP contribution in [0.15, 0.2) is 12.4 Å². The Morgan fingerprint density at radius 2 is 2.29 bits per heavy atom. The highest BCUT2D eigenvalue weighted by Gasteiger charge is 2.30. The number of aryl methyl sites for hydroxylation is 1. The Bertz CT molecular complexity index is 303. The minimum atomic E-state index is -0.607. The van der Waals surface area contributed by atoms with Crippen molar-refractivity contribution in [2.24, 2.45) is 0 Å². The van der Waals surface area contributed by atoms with E-state index in [1.54, 1.807) is 6.20 Å². The van der Waals surface area contributed by atoms with Crippen LogP contribution in [0.3, 0.4) is 0 Å². The standard InChI is InChI=1S/C10H16N2O2/c1-9-11-4-5-12(9)8-10(13)2-6-14-7-3-10/h4-5,13H,2-3,6-8H2,1H3. The zero-order chi connectivity index (χ0) is 10.0. The summed E-state index contributed by atoms with van der Waals surface area (Å²) in [7, 11) is 0. The molecule has 14 heavy (non-hydrogen) atoms. The molecule has 78 valence electrons. The van der Waals surface area contributed by atoms with Crippen LogP contribution in [0.2, 0.25) is 0 Å². The van der Waals surface area contributed by atoms with Crippen molar-refractivity contribution in [2.75, 3.05) is 13.2 Å². The molecule has 4 heteroatoms. The minimum Gasteiger partial charge on any atom is -0.388 e. The molecule has 0 atom stereocenters. The van der Waals surface area contributed by atoms with Crippen LogP contribution in [-0.2, 0) is 11.3 Å². The van der Waals surface area contributed by atoms with Gasteiger partial charge in [0.25, 0.3) is 0 Å². The second kappa shape index (κ2) is 3.71. The molecule has 0 aliphatic carbocycles. The fourth-order valence-corrected chi connectivity index (χ4v) is 1.80. The number of imidazole rings is 1. The fourth-order valence-electron chi connectivity index (χ4n) is 1.80. The first-order chi connectivity index (χ1) is 6.70. The monoisotopic (exact) mass is 196 g/mol. The Hall–Kier alpha value is -0.870. The lowest BCUT2D eigenvalue weighted by atomic mass is 9.94. The van der Waals surface area contributed by atoms with Crippen molar-refractivity contribution in [3.63, 3.8) is 0 Å². The summed E-state index contributed by atoms with van der Waals surface area (Å²) in [6.45, 7) is 3.89. The van der Waals surface area contributed by atoms with Crippen LogP contribution in [-0.4, -0.2) is 33.5 Å². The van der Waals surface area contributed by atoms with Crippen LogP contribution in [0.25, 0.3) is 0 Å². The first-order valence-corrected chi connectivity index (χ1v) is 4.97. The van der Waals surface area contributed by atoms with Gasteiger partial charge in [-0.15, -0.1) is 0 Å².